The predicted octanol–water partition coefficient (Wildman–Crippen LogP) is 1.67. The van der Waals surface area contributed by atoms with Gasteiger partial charge in [0, 0.05) is 25.7 Å². The van der Waals surface area contributed by atoms with Crippen molar-refractivity contribution in [3.8, 4) is 0 Å². The molecule has 1 fully saturated rings. The SMILES string of the molecule is C/C(=C\[C@H](C(C)C)N(C)C(=O)CNC=O)C(=O)N1CC(C)CC(C)C1. The average molecular weight is 351 g/mol. The highest BCUT2D eigenvalue weighted by atomic mass is 16.2. The Hall–Kier alpha value is -1.85. The second kappa shape index (κ2) is 9.59. The molecule has 25 heavy (non-hydrogen) atoms. The number of hydrogen-bond donors (Lipinski definition) is 1. The number of likely N-dealkylation sites (N-methyl/N-ethyl adjacent to an activating group) is 1. The van der Waals surface area contributed by atoms with Crippen LogP contribution in [0.4, 0.5) is 0 Å². The summed E-state index contributed by atoms with van der Waals surface area (Å²) in [5, 5.41) is 2.39. The minimum absolute atomic E-state index is 0.0365. The first-order valence-corrected chi connectivity index (χ1v) is 9.07. The summed E-state index contributed by atoms with van der Waals surface area (Å²) in [5.74, 6) is 1.06. The molecule has 3 atom stereocenters. The van der Waals surface area contributed by atoms with Crippen molar-refractivity contribution in [2.24, 2.45) is 17.8 Å². The third-order valence-electron chi connectivity index (χ3n) is 4.77. The minimum Gasteiger partial charge on any atom is -0.350 e. The first kappa shape index (κ1) is 21.2. The minimum atomic E-state index is -0.190. The summed E-state index contributed by atoms with van der Waals surface area (Å²) >= 11 is 0. The molecule has 1 N–H and O–H groups in total. The van der Waals surface area contributed by atoms with Gasteiger partial charge in [0.1, 0.15) is 0 Å². The first-order chi connectivity index (χ1) is 11.7. The Morgan fingerprint density at radius 2 is 1.80 bits per heavy atom. The quantitative estimate of drug-likeness (QED) is 0.560. The van der Waals surface area contributed by atoms with Gasteiger partial charge in [-0.05, 0) is 31.1 Å². The van der Waals surface area contributed by atoms with E-state index < -0.39 is 0 Å². The van der Waals surface area contributed by atoms with E-state index in [1.54, 1.807) is 11.9 Å². The highest BCUT2D eigenvalue weighted by Crippen LogP contribution is 2.23. The van der Waals surface area contributed by atoms with Crippen LogP contribution in [0.3, 0.4) is 0 Å². The third kappa shape index (κ3) is 6.18. The van der Waals surface area contributed by atoms with Crippen molar-refractivity contribution in [3.05, 3.63) is 11.6 Å². The molecular formula is C19H33N3O3. The van der Waals surface area contributed by atoms with Crippen molar-refractivity contribution in [3.63, 3.8) is 0 Å². The molecule has 2 unspecified atom stereocenters. The molecule has 1 aliphatic heterocycles. The maximum Gasteiger partial charge on any atom is 0.249 e. The van der Waals surface area contributed by atoms with Gasteiger partial charge in [-0.1, -0.05) is 33.8 Å². The Morgan fingerprint density at radius 3 is 2.28 bits per heavy atom. The molecule has 0 aromatic rings. The van der Waals surface area contributed by atoms with E-state index in [9.17, 15) is 14.4 Å². The van der Waals surface area contributed by atoms with Gasteiger partial charge in [-0.25, -0.2) is 0 Å². The molecule has 3 amide bonds. The van der Waals surface area contributed by atoms with Crippen LogP contribution < -0.4 is 5.32 Å². The van der Waals surface area contributed by atoms with Crippen LogP contribution in [0.25, 0.3) is 0 Å². The van der Waals surface area contributed by atoms with Crippen LogP contribution in [0.1, 0.15) is 41.0 Å². The van der Waals surface area contributed by atoms with Gasteiger partial charge in [-0.2, -0.15) is 0 Å². The molecular weight excluding hydrogens is 318 g/mol. The molecule has 6 heteroatoms. The Kier molecular flexibility index (Phi) is 8.13. The molecule has 1 aliphatic rings. The van der Waals surface area contributed by atoms with Crippen LogP contribution in [-0.2, 0) is 14.4 Å². The zero-order valence-corrected chi connectivity index (χ0v) is 16.4. The molecule has 6 nitrogen and oxygen atoms in total. The molecule has 1 saturated heterocycles. The fraction of sp³-hybridized carbons (Fsp3) is 0.737. The van der Waals surface area contributed by atoms with Gasteiger partial charge in [0.05, 0.1) is 12.6 Å². The van der Waals surface area contributed by atoms with E-state index in [0.29, 0.717) is 23.8 Å². The number of nitrogens with zero attached hydrogens (tertiary/aromatic N) is 2. The normalized spacial score (nSPS) is 22.5. The lowest BCUT2D eigenvalue weighted by molar-refractivity contribution is -0.132. The first-order valence-electron chi connectivity index (χ1n) is 9.07. The summed E-state index contributed by atoms with van der Waals surface area (Å²) in [6.45, 7) is 11.8. The maximum atomic E-state index is 12.8. The largest absolute Gasteiger partial charge is 0.350 e. The molecule has 1 rings (SSSR count). The van der Waals surface area contributed by atoms with Gasteiger partial charge in [0.15, 0.2) is 0 Å². The molecule has 0 aromatic heterocycles. The van der Waals surface area contributed by atoms with E-state index in [1.165, 1.54) is 0 Å². The zero-order chi connectivity index (χ0) is 19.1. The second-order valence-electron chi connectivity index (χ2n) is 7.74. The number of carbonyl (C=O) groups excluding carboxylic acids is 3. The summed E-state index contributed by atoms with van der Waals surface area (Å²) in [5.41, 5.74) is 0.669. The predicted molar refractivity (Wildman–Crippen MR) is 98.7 cm³/mol. The fourth-order valence-corrected chi connectivity index (χ4v) is 3.58. The maximum absolute atomic E-state index is 12.8. The summed E-state index contributed by atoms with van der Waals surface area (Å²) < 4.78 is 0. The number of nitrogens with one attached hydrogen (secondary N) is 1. The lowest BCUT2D eigenvalue weighted by atomic mass is 9.91. The summed E-state index contributed by atoms with van der Waals surface area (Å²) in [7, 11) is 1.71. The number of carbonyl (C=O) groups is 3. The Labute approximate surface area is 151 Å². The van der Waals surface area contributed by atoms with Gasteiger partial charge in [-0.15, -0.1) is 0 Å². The lowest BCUT2D eigenvalue weighted by Crippen LogP contribution is -2.45. The van der Waals surface area contributed by atoms with Crippen molar-refractivity contribution >= 4 is 18.2 Å². The smallest absolute Gasteiger partial charge is 0.249 e. The standard InChI is InChI=1S/C19H33N3O3/c1-13(2)17(21(6)18(24)9-20-12-23)8-16(5)19(25)22-10-14(3)7-15(4)11-22/h8,12-15,17H,7,9-11H2,1-6H3,(H,20,23)/b16-8+/t14?,15?,17-/m1/s1. The molecule has 0 spiro atoms. The number of piperidine rings is 1. The van der Waals surface area contributed by atoms with Crippen molar-refractivity contribution in [2.75, 3.05) is 26.7 Å². The monoisotopic (exact) mass is 351 g/mol. The van der Waals surface area contributed by atoms with Crippen LogP contribution in [0.5, 0.6) is 0 Å². The van der Waals surface area contributed by atoms with Crippen LogP contribution in [0, 0.1) is 17.8 Å². The van der Waals surface area contributed by atoms with Gasteiger partial charge >= 0.3 is 0 Å². The molecule has 0 saturated carbocycles. The Morgan fingerprint density at radius 1 is 1.24 bits per heavy atom. The van der Waals surface area contributed by atoms with Crippen LogP contribution >= 0.6 is 0 Å². The summed E-state index contributed by atoms with van der Waals surface area (Å²) in [6, 6.07) is -0.190. The van der Waals surface area contributed by atoms with Crippen molar-refractivity contribution in [1.82, 2.24) is 15.1 Å². The van der Waals surface area contributed by atoms with E-state index in [-0.39, 0.29) is 30.3 Å². The number of amides is 3. The highest BCUT2D eigenvalue weighted by Gasteiger charge is 2.27. The van der Waals surface area contributed by atoms with E-state index >= 15 is 0 Å². The molecule has 1 heterocycles. The van der Waals surface area contributed by atoms with Crippen molar-refractivity contribution in [1.29, 1.82) is 0 Å². The molecule has 0 aliphatic carbocycles. The number of hydrogen-bond acceptors (Lipinski definition) is 3. The van der Waals surface area contributed by atoms with Crippen molar-refractivity contribution < 1.29 is 14.4 Å². The summed E-state index contributed by atoms with van der Waals surface area (Å²) in [6.07, 6.45) is 3.55. The Balaban J connectivity index is 2.87. The number of rotatable bonds is 7. The van der Waals surface area contributed by atoms with Gasteiger partial charge in [0.25, 0.3) is 0 Å². The van der Waals surface area contributed by atoms with Crippen LogP contribution in [0.2, 0.25) is 0 Å². The molecule has 0 aromatic carbocycles. The average Bonchev–Trinajstić information content (AvgIpc) is 2.54. The molecule has 0 radical (unpaired) electrons. The number of likely N-dealkylation sites (tertiary alicyclic amines) is 1. The fourth-order valence-electron chi connectivity index (χ4n) is 3.58. The highest BCUT2D eigenvalue weighted by molar-refractivity contribution is 5.93. The zero-order valence-electron chi connectivity index (χ0n) is 16.4. The van der Waals surface area contributed by atoms with Crippen molar-refractivity contribution in [2.45, 2.75) is 47.1 Å². The Bertz CT molecular complexity index is 506. The lowest BCUT2D eigenvalue weighted by Gasteiger charge is -2.36. The van der Waals surface area contributed by atoms with E-state index in [4.69, 9.17) is 0 Å². The topological polar surface area (TPSA) is 69.7 Å². The third-order valence-corrected chi connectivity index (χ3v) is 4.77. The van der Waals surface area contributed by atoms with Crippen LogP contribution in [-0.4, -0.2) is 60.7 Å². The van der Waals surface area contributed by atoms with E-state index in [0.717, 1.165) is 19.5 Å². The van der Waals surface area contributed by atoms with E-state index in [2.05, 4.69) is 19.2 Å². The van der Waals surface area contributed by atoms with Gasteiger partial charge in [0.2, 0.25) is 18.2 Å². The van der Waals surface area contributed by atoms with E-state index in [1.807, 2.05) is 31.7 Å². The van der Waals surface area contributed by atoms with Gasteiger partial charge < -0.3 is 15.1 Å². The second-order valence-corrected chi connectivity index (χ2v) is 7.74. The van der Waals surface area contributed by atoms with Gasteiger partial charge in [-0.3, -0.25) is 14.4 Å². The van der Waals surface area contributed by atoms with Crippen LogP contribution in [0.15, 0.2) is 11.6 Å². The summed E-state index contributed by atoms with van der Waals surface area (Å²) in [4.78, 5) is 38.9. The molecule has 0 bridgehead atoms. The molecule has 142 valence electrons.